The Kier molecular flexibility index (Phi) is 2.72. The molecule has 0 aromatic carbocycles. The predicted molar refractivity (Wildman–Crippen MR) is 44.5 cm³/mol. The smallest absolute Gasteiger partial charge is 0.0112 e. The molecular weight excluding hydrogens is 122 g/mol. The van der Waals surface area contributed by atoms with Gasteiger partial charge in [-0.25, -0.2) is 0 Å². The molecule has 0 saturated carbocycles. The molecule has 0 bridgehead atoms. The molecule has 1 heterocycles. The van der Waals surface area contributed by atoms with Crippen LogP contribution < -0.4 is 0 Å². The fourth-order valence-electron chi connectivity index (χ4n) is 1.60. The molecule has 0 aromatic heterocycles. The molecule has 0 aliphatic carbocycles. The Morgan fingerprint density at radius 1 is 1.50 bits per heavy atom. The van der Waals surface area contributed by atoms with E-state index in [2.05, 4.69) is 25.8 Å². The quantitative estimate of drug-likeness (QED) is 0.540. The van der Waals surface area contributed by atoms with Gasteiger partial charge in [-0.15, -0.1) is 0 Å². The van der Waals surface area contributed by atoms with Crippen molar-refractivity contribution in [3.63, 3.8) is 0 Å². The maximum Gasteiger partial charge on any atom is 0.0112 e. The summed E-state index contributed by atoms with van der Waals surface area (Å²) in [5.74, 6) is 0.911. The van der Waals surface area contributed by atoms with Crippen molar-refractivity contribution >= 4 is 0 Å². The van der Waals surface area contributed by atoms with Crippen molar-refractivity contribution < 1.29 is 0 Å². The summed E-state index contributed by atoms with van der Waals surface area (Å²) in [6, 6.07) is 0.711. The molecule has 1 aliphatic heterocycles. The van der Waals surface area contributed by atoms with Crippen LogP contribution in [0.5, 0.6) is 0 Å². The van der Waals surface area contributed by atoms with Crippen LogP contribution in [0.3, 0.4) is 0 Å². The van der Waals surface area contributed by atoms with Gasteiger partial charge in [-0.3, -0.25) is 4.90 Å². The third kappa shape index (κ3) is 1.72. The van der Waals surface area contributed by atoms with E-state index < -0.39 is 0 Å². The third-order valence-electron chi connectivity index (χ3n) is 2.69. The molecule has 1 rings (SSSR count). The lowest BCUT2D eigenvalue weighted by atomic mass is 9.92. The topological polar surface area (TPSA) is 3.24 Å². The Labute approximate surface area is 64.4 Å². The fraction of sp³-hybridized carbons (Fsp3) is 0.889. The standard InChI is InChI=1S/C9H18N/c1-4-9-6-5-8(2)10(3)7-9/h8-9H,3-7H2,1-2H3. The molecule has 1 fully saturated rings. The number of hydrogen-bond acceptors (Lipinski definition) is 1. The molecule has 59 valence electrons. The first kappa shape index (κ1) is 8.06. The van der Waals surface area contributed by atoms with E-state index in [-0.39, 0.29) is 0 Å². The van der Waals surface area contributed by atoms with Crippen LogP contribution in [-0.2, 0) is 0 Å². The largest absolute Gasteiger partial charge is 0.299 e. The van der Waals surface area contributed by atoms with E-state index >= 15 is 0 Å². The molecule has 2 unspecified atom stereocenters. The van der Waals surface area contributed by atoms with Crippen LogP contribution in [-0.4, -0.2) is 17.5 Å². The van der Waals surface area contributed by atoms with Gasteiger partial charge >= 0.3 is 0 Å². The summed E-state index contributed by atoms with van der Waals surface area (Å²) in [6.45, 7) is 5.74. The average Bonchev–Trinajstić information content (AvgIpc) is 1.95. The van der Waals surface area contributed by atoms with Crippen LogP contribution in [0.4, 0.5) is 0 Å². The Morgan fingerprint density at radius 2 is 2.20 bits per heavy atom. The summed E-state index contributed by atoms with van der Waals surface area (Å²) in [5, 5.41) is 0. The number of rotatable bonds is 1. The summed E-state index contributed by atoms with van der Waals surface area (Å²) in [5.41, 5.74) is 0. The van der Waals surface area contributed by atoms with Gasteiger partial charge in [0, 0.05) is 19.6 Å². The number of hydrogen-bond donors (Lipinski definition) is 0. The highest BCUT2D eigenvalue weighted by Crippen LogP contribution is 2.22. The second-order valence-electron chi connectivity index (χ2n) is 3.47. The molecule has 10 heavy (non-hydrogen) atoms. The summed E-state index contributed by atoms with van der Waals surface area (Å²) in [7, 11) is 4.01. The number of likely N-dealkylation sites (tertiary alicyclic amines) is 1. The molecule has 0 N–H and O–H groups in total. The molecule has 1 nitrogen and oxygen atoms in total. The minimum Gasteiger partial charge on any atom is -0.299 e. The van der Waals surface area contributed by atoms with Crippen LogP contribution in [0.1, 0.15) is 33.1 Å². The van der Waals surface area contributed by atoms with E-state index in [0.717, 1.165) is 5.92 Å². The summed E-state index contributed by atoms with van der Waals surface area (Å²) >= 11 is 0. The average molecular weight is 140 g/mol. The molecule has 0 spiro atoms. The molecule has 1 heteroatoms. The van der Waals surface area contributed by atoms with Crippen molar-refractivity contribution in [2.75, 3.05) is 6.54 Å². The maximum atomic E-state index is 4.01. The number of nitrogens with zero attached hydrogens (tertiary/aromatic N) is 1. The Morgan fingerprint density at radius 3 is 2.70 bits per heavy atom. The van der Waals surface area contributed by atoms with Gasteiger partial charge in [0.25, 0.3) is 0 Å². The van der Waals surface area contributed by atoms with Gasteiger partial charge in [-0.05, 0) is 25.7 Å². The predicted octanol–water partition coefficient (Wildman–Crippen LogP) is 2.29. The van der Waals surface area contributed by atoms with Gasteiger partial charge in [-0.2, -0.15) is 0 Å². The van der Waals surface area contributed by atoms with Crippen molar-refractivity contribution in [3.05, 3.63) is 7.05 Å². The highest BCUT2D eigenvalue weighted by Gasteiger charge is 2.20. The van der Waals surface area contributed by atoms with E-state index in [1.54, 1.807) is 0 Å². The van der Waals surface area contributed by atoms with Gasteiger partial charge in [-0.1, -0.05) is 13.3 Å². The van der Waals surface area contributed by atoms with Gasteiger partial charge in [0.2, 0.25) is 0 Å². The summed E-state index contributed by atoms with van der Waals surface area (Å²) in [6.07, 6.45) is 4.06. The molecule has 1 radical (unpaired) electrons. The fourth-order valence-corrected chi connectivity index (χ4v) is 1.60. The second kappa shape index (κ2) is 3.38. The van der Waals surface area contributed by atoms with Crippen molar-refractivity contribution in [3.8, 4) is 0 Å². The van der Waals surface area contributed by atoms with E-state index in [0.29, 0.717) is 6.04 Å². The lowest BCUT2D eigenvalue weighted by molar-refractivity contribution is 0.166. The van der Waals surface area contributed by atoms with Gasteiger partial charge in [0.1, 0.15) is 0 Å². The first-order valence-electron chi connectivity index (χ1n) is 4.31. The Hall–Kier alpha value is -0.0400. The molecule has 1 saturated heterocycles. The molecule has 0 aromatic rings. The van der Waals surface area contributed by atoms with E-state index in [1.165, 1.54) is 25.8 Å². The van der Waals surface area contributed by atoms with Crippen LogP contribution in [0.15, 0.2) is 0 Å². The SMILES string of the molecule is [CH2]N1CC(CC)CCC1C. The van der Waals surface area contributed by atoms with Crippen molar-refractivity contribution in [2.24, 2.45) is 5.92 Å². The van der Waals surface area contributed by atoms with Gasteiger partial charge in [0.05, 0.1) is 0 Å². The summed E-state index contributed by atoms with van der Waals surface area (Å²) in [4.78, 5) is 2.23. The zero-order valence-electron chi connectivity index (χ0n) is 7.14. The Bertz CT molecular complexity index is 101. The highest BCUT2D eigenvalue weighted by molar-refractivity contribution is 4.77. The highest BCUT2D eigenvalue weighted by atomic mass is 15.1. The van der Waals surface area contributed by atoms with Crippen molar-refractivity contribution in [2.45, 2.75) is 39.2 Å². The van der Waals surface area contributed by atoms with Crippen LogP contribution in [0.25, 0.3) is 0 Å². The van der Waals surface area contributed by atoms with E-state index in [1.807, 2.05) is 0 Å². The van der Waals surface area contributed by atoms with E-state index in [4.69, 9.17) is 0 Å². The Balaban J connectivity index is 2.33. The number of piperidine rings is 1. The van der Waals surface area contributed by atoms with Crippen molar-refractivity contribution in [1.29, 1.82) is 0 Å². The molecule has 2 atom stereocenters. The van der Waals surface area contributed by atoms with E-state index in [9.17, 15) is 0 Å². The lowest BCUT2D eigenvalue weighted by Gasteiger charge is -2.34. The monoisotopic (exact) mass is 140 g/mol. The second-order valence-corrected chi connectivity index (χ2v) is 3.47. The molecule has 0 amide bonds. The third-order valence-corrected chi connectivity index (χ3v) is 2.69. The van der Waals surface area contributed by atoms with Crippen LogP contribution >= 0.6 is 0 Å². The van der Waals surface area contributed by atoms with Crippen molar-refractivity contribution in [1.82, 2.24) is 4.90 Å². The van der Waals surface area contributed by atoms with Gasteiger partial charge < -0.3 is 0 Å². The first-order valence-corrected chi connectivity index (χ1v) is 4.31. The normalized spacial score (nSPS) is 36.3. The van der Waals surface area contributed by atoms with Gasteiger partial charge in [0.15, 0.2) is 0 Å². The minimum absolute atomic E-state index is 0.711. The summed E-state index contributed by atoms with van der Waals surface area (Å²) < 4.78 is 0. The zero-order valence-corrected chi connectivity index (χ0v) is 7.14. The maximum absolute atomic E-state index is 4.01. The lowest BCUT2D eigenvalue weighted by Crippen LogP contribution is -2.36. The molecular formula is C9H18N. The zero-order chi connectivity index (χ0) is 7.56. The molecule has 1 aliphatic rings. The van der Waals surface area contributed by atoms with Crippen LogP contribution in [0.2, 0.25) is 0 Å². The van der Waals surface area contributed by atoms with Crippen LogP contribution in [0, 0.1) is 13.0 Å². The first-order chi connectivity index (χ1) is 4.74. The minimum atomic E-state index is 0.711.